The number of halogens is 3. The van der Waals surface area contributed by atoms with E-state index in [1.54, 1.807) is 20.8 Å². The Bertz CT molecular complexity index is 442. The molecular weight excluding hydrogens is 277 g/mol. The van der Waals surface area contributed by atoms with Crippen LogP contribution >= 0.6 is 0 Å². The molecule has 0 saturated heterocycles. The first-order valence-corrected chi connectivity index (χ1v) is 4.85. The molecule has 0 radical (unpaired) electrons. The van der Waals surface area contributed by atoms with Gasteiger partial charge >= 0.3 is 64.3 Å². The van der Waals surface area contributed by atoms with E-state index >= 15 is 0 Å². The Labute approximate surface area is 145 Å². The average molecular weight is 289 g/mol. The minimum atomic E-state index is -5.39. The minimum Gasteiger partial charge on any atom is -0.455 e. The van der Waals surface area contributed by atoms with Crippen molar-refractivity contribution in [3.05, 3.63) is 5.69 Å². The van der Waals surface area contributed by atoms with Gasteiger partial charge in [0.25, 0.3) is 0 Å². The molecule has 0 aromatic carbocycles. The smallest absolute Gasteiger partial charge is 0.455 e. The zero-order chi connectivity index (χ0) is 13.4. The predicted molar refractivity (Wildman–Crippen MR) is 54.9 cm³/mol. The van der Waals surface area contributed by atoms with E-state index in [1.807, 2.05) is 0 Å². The number of esters is 1. The maximum atomic E-state index is 12.6. The number of nitrogens with zero attached hydrogens (tertiary/aromatic N) is 3. The van der Waals surface area contributed by atoms with Gasteiger partial charge in [-0.15, -0.1) is 5.10 Å². The monoisotopic (exact) mass is 289 g/mol. The number of rotatable bonds is 2. The molecule has 0 fully saturated rings. The molecule has 0 aliphatic heterocycles. The van der Waals surface area contributed by atoms with Crippen LogP contribution in [0.1, 0.15) is 31.3 Å². The second kappa shape index (κ2) is 6.04. The number of hydrogen-bond donors (Lipinski definition) is 0. The fourth-order valence-electron chi connectivity index (χ4n) is 1.11. The average Bonchev–Trinajstić information content (AvgIpc) is 2.43. The van der Waals surface area contributed by atoms with Crippen LogP contribution in [-0.4, -0.2) is 33.5 Å². The van der Waals surface area contributed by atoms with Crippen LogP contribution < -0.4 is 57.0 Å². The Balaban J connectivity index is 0.00000289. The first kappa shape index (κ1) is 18.1. The second-order valence-electron chi connectivity index (χ2n) is 4.50. The zero-order valence-corrected chi connectivity index (χ0v) is 14.0. The van der Waals surface area contributed by atoms with Crippen molar-refractivity contribution in [1.82, 2.24) is 15.0 Å². The van der Waals surface area contributed by atoms with Crippen LogP contribution in [0.2, 0.25) is 0 Å². The summed E-state index contributed by atoms with van der Waals surface area (Å²) in [6.07, 6.45) is 0. The summed E-state index contributed by atoms with van der Waals surface area (Å²) in [5, 5.41) is 6.53. The van der Waals surface area contributed by atoms with Crippen molar-refractivity contribution >= 4 is 18.5 Å². The topological polar surface area (TPSA) is 57.0 Å². The van der Waals surface area contributed by atoms with Crippen LogP contribution in [0.3, 0.4) is 0 Å². The van der Waals surface area contributed by atoms with Crippen LogP contribution in [0, 0.1) is 0 Å². The summed E-state index contributed by atoms with van der Waals surface area (Å²) in [6.45, 7) is -0.725. The van der Waals surface area contributed by atoms with Crippen molar-refractivity contribution in [1.29, 1.82) is 0 Å². The molecule has 18 heavy (non-hydrogen) atoms. The summed E-state index contributed by atoms with van der Waals surface area (Å²) in [5.41, 5.74) is -2.96. The minimum absolute atomic E-state index is 0. The van der Waals surface area contributed by atoms with Gasteiger partial charge in [0.05, 0.1) is 0 Å². The molecule has 0 aliphatic carbocycles. The number of aryl methyl sites for hydroxylation is 1. The van der Waals surface area contributed by atoms with Crippen molar-refractivity contribution in [2.24, 2.45) is 7.05 Å². The van der Waals surface area contributed by atoms with Gasteiger partial charge in [-0.05, 0) is 20.8 Å². The molecule has 0 spiro atoms. The SMILES string of the molecule is Cn1nc(C(=O)OC(C)(C)C)c([B-](F)(F)F)n1.[K+]. The van der Waals surface area contributed by atoms with E-state index in [2.05, 4.69) is 10.2 Å². The number of aromatic nitrogens is 3. The molecule has 5 nitrogen and oxygen atoms in total. The molecule has 0 saturated carbocycles. The molecule has 0 atom stereocenters. The van der Waals surface area contributed by atoms with E-state index in [4.69, 9.17) is 4.74 Å². The Morgan fingerprint density at radius 1 is 1.28 bits per heavy atom. The number of carbonyl (C=O) groups is 1. The van der Waals surface area contributed by atoms with Gasteiger partial charge in [0, 0.05) is 12.6 Å². The number of hydrogen-bond acceptors (Lipinski definition) is 4. The van der Waals surface area contributed by atoms with Gasteiger partial charge in [-0.25, -0.2) is 4.79 Å². The van der Waals surface area contributed by atoms with Gasteiger partial charge in [0.1, 0.15) is 5.60 Å². The molecule has 0 aliphatic rings. The van der Waals surface area contributed by atoms with Gasteiger partial charge in [-0.2, -0.15) is 9.90 Å². The summed E-state index contributed by atoms with van der Waals surface area (Å²) in [7, 11) is 1.21. The van der Waals surface area contributed by atoms with Crippen molar-refractivity contribution in [2.75, 3.05) is 0 Å². The number of carbonyl (C=O) groups excluding carboxylic acids is 1. The van der Waals surface area contributed by atoms with E-state index in [9.17, 15) is 17.7 Å². The van der Waals surface area contributed by atoms with Crippen molar-refractivity contribution in [3.8, 4) is 0 Å². The van der Waals surface area contributed by atoms with Gasteiger partial charge < -0.3 is 17.7 Å². The van der Waals surface area contributed by atoms with Gasteiger partial charge in [0.15, 0.2) is 5.69 Å². The molecule has 1 rings (SSSR count). The normalized spacial score (nSPS) is 11.9. The third-order valence-corrected chi connectivity index (χ3v) is 1.64. The summed E-state index contributed by atoms with van der Waals surface area (Å²) < 4.78 is 42.6. The Morgan fingerprint density at radius 3 is 2.17 bits per heavy atom. The maximum Gasteiger partial charge on any atom is 1.00 e. The first-order valence-electron chi connectivity index (χ1n) is 4.85. The molecular formula is C8H12BF3KN3O2. The van der Waals surface area contributed by atoms with E-state index in [0.717, 1.165) is 0 Å². The molecule has 1 aromatic heterocycles. The van der Waals surface area contributed by atoms with Crippen LogP contribution in [0.15, 0.2) is 0 Å². The summed E-state index contributed by atoms with van der Waals surface area (Å²) in [5.74, 6) is -1.13. The molecule has 0 bridgehead atoms. The van der Waals surface area contributed by atoms with Crippen LogP contribution in [0.4, 0.5) is 12.9 Å². The summed E-state index contributed by atoms with van der Waals surface area (Å²) in [4.78, 5) is 12.2. The van der Waals surface area contributed by atoms with Crippen LogP contribution in [-0.2, 0) is 11.8 Å². The third-order valence-electron chi connectivity index (χ3n) is 1.64. The molecule has 0 amide bonds. The van der Waals surface area contributed by atoms with Crippen LogP contribution in [0.5, 0.6) is 0 Å². The summed E-state index contributed by atoms with van der Waals surface area (Å²) in [6, 6.07) is 0. The van der Waals surface area contributed by atoms with Crippen molar-refractivity contribution < 1.29 is 73.9 Å². The predicted octanol–water partition coefficient (Wildman–Crippen LogP) is -2.17. The van der Waals surface area contributed by atoms with Gasteiger partial charge in [0.2, 0.25) is 0 Å². The molecule has 96 valence electrons. The largest absolute Gasteiger partial charge is 1.00 e. The Hall–Kier alpha value is 0.101. The van der Waals surface area contributed by atoms with Gasteiger partial charge in [-0.3, -0.25) is 0 Å². The van der Waals surface area contributed by atoms with Crippen molar-refractivity contribution in [3.63, 3.8) is 0 Å². The summed E-state index contributed by atoms with van der Waals surface area (Å²) >= 11 is 0. The molecule has 0 N–H and O–H groups in total. The quantitative estimate of drug-likeness (QED) is 0.459. The molecule has 10 heteroatoms. The molecule has 1 heterocycles. The maximum absolute atomic E-state index is 12.6. The third kappa shape index (κ3) is 5.00. The van der Waals surface area contributed by atoms with E-state index in [-0.39, 0.29) is 51.4 Å². The Morgan fingerprint density at radius 2 is 1.78 bits per heavy atom. The molecule has 0 unspecified atom stereocenters. The van der Waals surface area contributed by atoms with Crippen molar-refractivity contribution in [2.45, 2.75) is 26.4 Å². The number of ether oxygens (including phenoxy) is 1. The van der Waals surface area contributed by atoms with Crippen LogP contribution in [0.25, 0.3) is 0 Å². The van der Waals surface area contributed by atoms with Gasteiger partial charge in [-0.1, -0.05) is 0 Å². The zero-order valence-electron chi connectivity index (χ0n) is 10.9. The molecule has 1 aromatic rings. The van der Waals surface area contributed by atoms with E-state index in [0.29, 0.717) is 4.80 Å². The Kier molecular flexibility index (Phi) is 6.07. The standard InChI is InChI=1S/C8H12BF3N3O2.K/c1-8(2,3)17-7(16)5-6(9(10,11)12)14-15(4)13-5;/h1-4H3;/q-1;+1. The second-order valence-corrected chi connectivity index (χ2v) is 4.50. The van der Waals surface area contributed by atoms with E-state index in [1.165, 1.54) is 7.05 Å². The van der Waals surface area contributed by atoms with E-state index < -0.39 is 29.8 Å². The fraction of sp³-hybridized carbons (Fsp3) is 0.625. The fourth-order valence-corrected chi connectivity index (χ4v) is 1.11. The first-order chi connectivity index (χ1) is 7.50.